The average Bonchev–Trinajstić information content (AvgIpc) is 2.66. The van der Waals surface area contributed by atoms with Gasteiger partial charge < -0.3 is 10.6 Å². The second-order valence-electron chi connectivity index (χ2n) is 4.50. The number of nitrogens with two attached hydrogens (primary N) is 1. The molecule has 2 unspecified atom stereocenters. The summed E-state index contributed by atoms with van der Waals surface area (Å²) in [4.78, 5) is 7.02. The summed E-state index contributed by atoms with van der Waals surface area (Å²) in [5.41, 5.74) is 6.86. The van der Waals surface area contributed by atoms with Gasteiger partial charge in [0.15, 0.2) is 0 Å². The summed E-state index contributed by atoms with van der Waals surface area (Å²) in [6.07, 6.45) is 2.56. The molecule has 1 saturated heterocycles. The van der Waals surface area contributed by atoms with Crippen molar-refractivity contribution in [3.05, 3.63) is 16.1 Å². The van der Waals surface area contributed by atoms with Crippen molar-refractivity contribution in [2.24, 2.45) is 5.73 Å². The van der Waals surface area contributed by atoms with Crippen molar-refractivity contribution in [1.82, 2.24) is 9.88 Å². The third-order valence-electron chi connectivity index (χ3n) is 2.98. The van der Waals surface area contributed by atoms with Crippen LogP contribution in [-0.4, -0.2) is 30.0 Å². The maximum atomic E-state index is 5.82. The van der Waals surface area contributed by atoms with E-state index in [1.165, 1.54) is 24.4 Å². The van der Waals surface area contributed by atoms with Crippen molar-refractivity contribution >= 4 is 11.3 Å². The average molecular weight is 225 g/mol. The van der Waals surface area contributed by atoms with E-state index in [0.29, 0.717) is 5.92 Å². The molecule has 0 saturated carbocycles. The van der Waals surface area contributed by atoms with Crippen LogP contribution in [0.2, 0.25) is 0 Å². The van der Waals surface area contributed by atoms with Crippen molar-refractivity contribution in [2.75, 3.05) is 20.1 Å². The summed E-state index contributed by atoms with van der Waals surface area (Å²) < 4.78 is 0. The summed E-state index contributed by atoms with van der Waals surface area (Å²) in [6.45, 7) is 4.36. The molecule has 0 bridgehead atoms. The Balaban J connectivity index is 2.08. The number of piperidine rings is 1. The fourth-order valence-corrected chi connectivity index (χ4v) is 3.12. The van der Waals surface area contributed by atoms with Crippen molar-refractivity contribution in [1.29, 1.82) is 0 Å². The molecule has 1 aliphatic rings. The number of thiazole rings is 1. The van der Waals surface area contributed by atoms with Gasteiger partial charge in [0.05, 0.1) is 10.7 Å². The summed E-state index contributed by atoms with van der Waals surface area (Å²) in [7, 11) is 2.19. The molecular weight excluding hydrogens is 206 g/mol. The maximum absolute atomic E-state index is 5.82. The molecule has 1 aromatic rings. The minimum absolute atomic E-state index is 0.0660. The second kappa shape index (κ2) is 4.60. The summed E-state index contributed by atoms with van der Waals surface area (Å²) in [6, 6.07) is 0.0660. The van der Waals surface area contributed by atoms with E-state index in [2.05, 4.69) is 22.3 Å². The number of likely N-dealkylation sites (N-methyl/N-ethyl adjacent to an activating group) is 1. The minimum Gasteiger partial charge on any atom is -0.323 e. The Morgan fingerprint density at radius 2 is 2.47 bits per heavy atom. The predicted molar refractivity (Wildman–Crippen MR) is 64.2 cm³/mol. The molecule has 2 N–H and O–H groups in total. The maximum Gasteiger partial charge on any atom is 0.0972 e. The van der Waals surface area contributed by atoms with Gasteiger partial charge in [0.25, 0.3) is 0 Å². The summed E-state index contributed by atoms with van der Waals surface area (Å²) >= 11 is 1.77. The van der Waals surface area contributed by atoms with E-state index in [-0.39, 0.29) is 6.04 Å². The lowest BCUT2D eigenvalue weighted by molar-refractivity contribution is 0.250. The fourth-order valence-electron chi connectivity index (χ4n) is 2.07. The quantitative estimate of drug-likeness (QED) is 0.836. The van der Waals surface area contributed by atoms with Crippen molar-refractivity contribution in [3.63, 3.8) is 0 Å². The van der Waals surface area contributed by atoms with Gasteiger partial charge in [0.2, 0.25) is 0 Å². The molecule has 0 amide bonds. The first-order valence-corrected chi connectivity index (χ1v) is 6.44. The number of rotatable bonds is 2. The van der Waals surface area contributed by atoms with Crippen LogP contribution in [0.1, 0.15) is 42.4 Å². The van der Waals surface area contributed by atoms with E-state index in [9.17, 15) is 0 Å². The van der Waals surface area contributed by atoms with Gasteiger partial charge in [0, 0.05) is 23.9 Å². The summed E-state index contributed by atoms with van der Waals surface area (Å²) in [5.74, 6) is 0.626. The third kappa shape index (κ3) is 2.56. The highest BCUT2D eigenvalue weighted by atomic mass is 32.1. The number of nitrogens with zero attached hydrogens (tertiary/aromatic N) is 2. The van der Waals surface area contributed by atoms with Crippen LogP contribution in [-0.2, 0) is 0 Å². The predicted octanol–water partition coefficient (Wildman–Crippen LogP) is 1.97. The molecule has 3 nitrogen and oxygen atoms in total. The van der Waals surface area contributed by atoms with E-state index >= 15 is 0 Å². The van der Waals surface area contributed by atoms with Gasteiger partial charge in [-0.1, -0.05) is 0 Å². The Morgan fingerprint density at radius 3 is 3.07 bits per heavy atom. The Bertz CT molecular complexity index is 321. The van der Waals surface area contributed by atoms with Crippen molar-refractivity contribution in [2.45, 2.75) is 31.7 Å². The highest BCUT2D eigenvalue weighted by Gasteiger charge is 2.21. The SMILES string of the molecule is CC(N)c1csc(C2CCCN(C)C2)n1. The Labute approximate surface area is 95.3 Å². The van der Waals surface area contributed by atoms with E-state index in [0.717, 1.165) is 12.2 Å². The molecule has 2 heterocycles. The van der Waals surface area contributed by atoms with Gasteiger partial charge in [-0.2, -0.15) is 0 Å². The Kier molecular flexibility index (Phi) is 3.38. The molecule has 0 aliphatic carbocycles. The molecule has 2 atom stereocenters. The zero-order valence-electron chi connectivity index (χ0n) is 9.44. The fraction of sp³-hybridized carbons (Fsp3) is 0.727. The molecular formula is C11H19N3S. The third-order valence-corrected chi connectivity index (χ3v) is 4.01. The van der Waals surface area contributed by atoms with Gasteiger partial charge in [-0.25, -0.2) is 4.98 Å². The molecule has 0 radical (unpaired) electrons. The first kappa shape index (κ1) is 11.0. The molecule has 84 valence electrons. The first-order valence-electron chi connectivity index (χ1n) is 5.56. The number of hydrogen-bond acceptors (Lipinski definition) is 4. The van der Waals surface area contributed by atoms with Crippen molar-refractivity contribution < 1.29 is 0 Å². The Hall–Kier alpha value is -0.450. The van der Waals surface area contributed by atoms with Crippen LogP contribution < -0.4 is 5.73 Å². The molecule has 1 fully saturated rings. The van der Waals surface area contributed by atoms with Crippen LogP contribution >= 0.6 is 11.3 Å². The van der Waals surface area contributed by atoms with Gasteiger partial charge in [-0.15, -0.1) is 11.3 Å². The number of hydrogen-bond donors (Lipinski definition) is 1. The van der Waals surface area contributed by atoms with Crippen LogP contribution in [0.15, 0.2) is 5.38 Å². The van der Waals surface area contributed by atoms with E-state index in [4.69, 9.17) is 5.73 Å². The van der Waals surface area contributed by atoms with E-state index in [1.807, 2.05) is 6.92 Å². The van der Waals surface area contributed by atoms with Crippen LogP contribution in [0.4, 0.5) is 0 Å². The normalized spacial score (nSPS) is 25.4. The molecule has 1 aromatic heterocycles. The van der Waals surface area contributed by atoms with Gasteiger partial charge in [0.1, 0.15) is 0 Å². The van der Waals surface area contributed by atoms with Crippen molar-refractivity contribution in [3.8, 4) is 0 Å². The highest BCUT2D eigenvalue weighted by molar-refractivity contribution is 7.09. The lowest BCUT2D eigenvalue weighted by Gasteiger charge is -2.28. The van der Waals surface area contributed by atoms with Crippen LogP contribution in [0.5, 0.6) is 0 Å². The highest BCUT2D eigenvalue weighted by Crippen LogP contribution is 2.29. The topological polar surface area (TPSA) is 42.1 Å². The standard InChI is InChI=1S/C11H19N3S/c1-8(12)10-7-15-11(13-10)9-4-3-5-14(2)6-9/h7-9H,3-6,12H2,1-2H3. The molecule has 0 spiro atoms. The van der Waals surface area contributed by atoms with Crippen LogP contribution in [0.3, 0.4) is 0 Å². The van der Waals surface area contributed by atoms with Crippen LogP contribution in [0, 0.1) is 0 Å². The minimum atomic E-state index is 0.0660. The molecule has 2 rings (SSSR count). The lowest BCUT2D eigenvalue weighted by Crippen LogP contribution is -2.30. The molecule has 4 heteroatoms. The molecule has 1 aliphatic heterocycles. The largest absolute Gasteiger partial charge is 0.323 e. The Morgan fingerprint density at radius 1 is 1.67 bits per heavy atom. The summed E-state index contributed by atoms with van der Waals surface area (Å²) in [5, 5.41) is 3.38. The zero-order valence-corrected chi connectivity index (χ0v) is 10.3. The zero-order chi connectivity index (χ0) is 10.8. The van der Waals surface area contributed by atoms with Gasteiger partial charge in [-0.05, 0) is 33.4 Å². The molecule has 0 aromatic carbocycles. The smallest absolute Gasteiger partial charge is 0.0972 e. The lowest BCUT2D eigenvalue weighted by atomic mass is 9.99. The van der Waals surface area contributed by atoms with E-state index in [1.54, 1.807) is 11.3 Å². The molecule has 15 heavy (non-hydrogen) atoms. The van der Waals surface area contributed by atoms with Gasteiger partial charge >= 0.3 is 0 Å². The second-order valence-corrected chi connectivity index (χ2v) is 5.39. The number of aromatic nitrogens is 1. The van der Waals surface area contributed by atoms with Gasteiger partial charge in [-0.3, -0.25) is 0 Å². The van der Waals surface area contributed by atoms with Crippen LogP contribution in [0.25, 0.3) is 0 Å². The first-order chi connectivity index (χ1) is 7.16. The monoisotopic (exact) mass is 225 g/mol. The van der Waals surface area contributed by atoms with E-state index < -0.39 is 0 Å². The number of likely N-dealkylation sites (tertiary alicyclic amines) is 1.